The first kappa shape index (κ1) is 15.9. The van der Waals surface area contributed by atoms with Crippen LogP contribution >= 0.6 is 0 Å². The third-order valence-corrected chi connectivity index (χ3v) is 3.32. The monoisotopic (exact) mass is 265 g/mol. The highest BCUT2D eigenvalue weighted by Gasteiger charge is 2.28. The fraction of sp³-hybridized carbons (Fsp3) is 0.667. The molecule has 19 heavy (non-hydrogen) atoms. The van der Waals surface area contributed by atoms with Crippen molar-refractivity contribution in [2.24, 2.45) is 5.92 Å². The average molecular weight is 265 g/mol. The molecule has 0 aliphatic rings. The summed E-state index contributed by atoms with van der Waals surface area (Å²) in [5, 5.41) is 3.50. The van der Waals surface area contributed by atoms with Crippen molar-refractivity contribution in [3.63, 3.8) is 0 Å². The summed E-state index contributed by atoms with van der Waals surface area (Å²) in [5.74, 6) is 0.999. The van der Waals surface area contributed by atoms with E-state index in [4.69, 9.17) is 10.5 Å². The number of hydrogen-bond donors (Lipinski definition) is 2. The standard InChI is InChI=1S/C15H27N3O/c1-6-17-13(14(10(3)4)19-7-2)12-11(5)8-9-18-15(12)16/h8-10,13-14,17H,6-7H2,1-5H3,(H2,16,18). The molecule has 1 aromatic rings. The SMILES string of the molecule is CCNC(c1c(C)ccnc1N)C(OCC)C(C)C. The van der Waals surface area contributed by atoms with Crippen molar-refractivity contribution in [3.8, 4) is 0 Å². The second kappa shape index (κ2) is 7.46. The number of hydrogen-bond acceptors (Lipinski definition) is 4. The Kier molecular flexibility index (Phi) is 6.25. The Morgan fingerprint density at radius 2 is 2.05 bits per heavy atom. The number of pyridine rings is 1. The number of ether oxygens (including phenoxy) is 1. The van der Waals surface area contributed by atoms with Crippen molar-refractivity contribution in [2.75, 3.05) is 18.9 Å². The lowest BCUT2D eigenvalue weighted by Crippen LogP contribution is -2.38. The van der Waals surface area contributed by atoms with E-state index in [1.807, 2.05) is 13.0 Å². The van der Waals surface area contributed by atoms with E-state index in [2.05, 4.69) is 38.0 Å². The molecule has 3 N–H and O–H groups in total. The zero-order valence-electron chi connectivity index (χ0n) is 12.7. The van der Waals surface area contributed by atoms with Crippen LogP contribution in [0.1, 0.15) is 44.9 Å². The van der Waals surface area contributed by atoms with Gasteiger partial charge in [-0.1, -0.05) is 20.8 Å². The van der Waals surface area contributed by atoms with Crippen molar-refractivity contribution in [2.45, 2.75) is 46.8 Å². The van der Waals surface area contributed by atoms with Gasteiger partial charge in [0.1, 0.15) is 5.82 Å². The summed E-state index contributed by atoms with van der Waals surface area (Å²) in [7, 11) is 0. The van der Waals surface area contributed by atoms with Gasteiger partial charge in [0.2, 0.25) is 0 Å². The number of rotatable bonds is 7. The van der Waals surface area contributed by atoms with Crippen LogP contribution in [0.5, 0.6) is 0 Å². The largest absolute Gasteiger partial charge is 0.383 e. The highest BCUT2D eigenvalue weighted by molar-refractivity contribution is 5.46. The summed E-state index contributed by atoms with van der Waals surface area (Å²) >= 11 is 0. The second-order valence-corrected chi connectivity index (χ2v) is 5.13. The Bertz CT molecular complexity index is 373. The van der Waals surface area contributed by atoms with Crippen LogP contribution in [0, 0.1) is 12.8 Å². The highest BCUT2D eigenvalue weighted by Crippen LogP contribution is 2.30. The molecule has 0 radical (unpaired) electrons. The van der Waals surface area contributed by atoms with E-state index in [0.717, 1.165) is 17.7 Å². The van der Waals surface area contributed by atoms with Crippen molar-refractivity contribution >= 4 is 5.82 Å². The van der Waals surface area contributed by atoms with Gasteiger partial charge in [-0.25, -0.2) is 4.98 Å². The van der Waals surface area contributed by atoms with Gasteiger partial charge in [0.05, 0.1) is 12.1 Å². The van der Waals surface area contributed by atoms with E-state index >= 15 is 0 Å². The molecule has 0 saturated carbocycles. The Labute approximate surface area is 116 Å². The van der Waals surface area contributed by atoms with Gasteiger partial charge in [0.15, 0.2) is 0 Å². The third kappa shape index (κ3) is 3.91. The predicted molar refractivity (Wildman–Crippen MR) is 80.1 cm³/mol. The van der Waals surface area contributed by atoms with E-state index in [1.54, 1.807) is 6.20 Å². The van der Waals surface area contributed by atoms with E-state index in [-0.39, 0.29) is 12.1 Å². The maximum atomic E-state index is 6.08. The van der Waals surface area contributed by atoms with Crippen LogP contribution in [-0.4, -0.2) is 24.2 Å². The van der Waals surface area contributed by atoms with E-state index in [0.29, 0.717) is 18.3 Å². The second-order valence-electron chi connectivity index (χ2n) is 5.13. The highest BCUT2D eigenvalue weighted by atomic mass is 16.5. The Balaban J connectivity index is 3.17. The fourth-order valence-corrected chi connectivity index (χ4v) is 2.46. The summed E-state index contributed by atoms with van der Waals surface area (Å²) in [6.07, 6.45) is 1.84. The summed E-state index contributed by atoms with van der Waals surface area (Å²) in [6.45, 7) is 12.1. The topological polar surface area (TPSA) is 60.2 Å². The van der Waals surface area contributed by atoms with Crippen LogP contribution in [0.25, 0.3) is 0 Å². The molecule has 0 aliphatic heterocycles. The smallest absolute Gasteiger partial charge is 0.128 e. The first-order valence-electron chi connectivity index (χ1n) is 7.08. The van der Waals surface area contributed by atoms with Gasteiger partial charge < -0.3 is 15.8 Å². The molecule has 0 bridgehead atoms. The fourth-order valence-electron chi connectivity index (χ4n) is 2.46. The molecule has 0 spiro atoms. The van der Waals surface area contributed by atoms with Gasteiger partial charge in [0.25, 0.3) is 0 Å². The number of nitrogens with zero attached hydrogens (tertiary/aromatic N) is 1. The van der Waals surface area contributed by atoms with Crippen molar-refractivity contribution in [3.05, 3.63) is 23.4 Å². The molecule has 108 valence electrons. The summed E-state index contributed by atoms with van der Waals surface area (Å²) in [6, 6.07) is 2.08. The maximum Gasteiger partial charge on any atom is 0.128 e. The molecule has 2 atom stereocenters. The average Bonchev–Trinajstić information content (AvgIpc) is 2.34. The number of nitrogen functional groups attached to an aromatic ring is 1. The minimum atomic E-state index is 0.0821. The first-order valence-corrected chi connectivity index (χ1v) is 7.08. The van der Waals surface area contributed by atoms with Crippen LogP contribution in [0.2, 0.25) is 0 Å². The van der Waals surface area contributed by atoms with E-state index < -0.39 is 0 Å². The minimum absolute atomic E-state index is 0.0821. The Morgan fingerprint density at radius 1 is 1.37 bits per heavy atom. The molecule has 0 aromatic carbocycles. The van der Waals surface area contributed by atoms with Crippen LogP contribution < -0.4 is 11.1 Å². The summed E-state index contributed by atoms with van der Waals surface area (Å²) in [5.41, 5.74) is 8.30. The maximum absolute atomic E-state index is 6.08. The Morgan fingerprint density at radius 3 is 2.53 bits per heavy atom. The zero-order valence-corrected chi connectivity index (χ0v) is 12.7. The van der Waals surface area contributed by atoms with Gasteiger partial charge >= 0.3 is 0 Å². The Hall–Kier alpha value is -1.13. The number of likely N-dealkylation sites (N-methyl/N-ethyl adjacent to an activating group) is 1. The van der Waals surface area contributed by atoms with Crippen LogP contribution in [0.4, 0.5) is 5.82 Å². The first-order chi connectivity index (χ1) is 9.02. The van der Waals surface area contributed by atoms with Gasteiger partial charge in [0, 0.05) is 18.4 Å². The molecule has 1 aromatic heterocycles. The molecule has 0 amide bonds. The van der Waals surface area contributed by atoms with Crippen LogP contribution in [0.3, 0.4) is 0 Å². The zero-order chi connectivity index (χ0) is 14.4. The lowest BCUT2D eigenvalue weighted by molar-refractivity contribution is 0.00314. The number of nitrogens with one attached hydrogen (secondary N) is 1. The van der Waals surface area contributed by atoms with E-state index in [1.165, 1.54) is 0 Å². The molecule has 0 fully saturated rings. The molecule has 0 saturated heterocycles. The molecule has 0 aliphatic carbocycles. The minimum Gasteiger partial charge on any atom is -0.383 e. The summed E-state index contributed by atoms with van der Waals surface area (Å²) in [4.78, 5) is 4.23. The third-order valence-electron chi connectivity index (χ3n) is 3.32. The van der Waals surface area contributed by atoms with Crippen molar-refractivity contribution < 1.29 is 4.74 Å². The normalized spacial score (nSPS) is 14.6. The number of nitrogens with two attached hydrogens (primary N) is 1. The molecule has 4 nitrogen and oxygen atoms in total. The molecule has 2 unspecified atom stereocenters. The quantitative estimate of drug-likeness (QED) is 0.795. The van der Waals surface area contributed by atoms with Crippen molar-refractivity contribution in [1.82, 2.24) is 10.3 Å². The van der Waals surface area contributed by atoms with Gasteiger partial charge in [-0.05, 0) is 37.9 Å². The molecule has 1 heterocycles. The number of aryl methyl sites for hydroxylation is 1. The predicted octanol–water partition coefficient (Wildman–Crippen LogP) is 2.68. The van der Waals surface area contributed by atoms with Crippen LogP contribution in [-0.2, 0) is 4.74 Å². The van der Waals surface area contributed by atoms with E-state index in [9.17, 15) is 0 Å². The number of anilines is 1. The lowest BCUT2D eigenvalue weighted by Gasteiger charge is -2.32. The molecule has 1 rings (SSSR count). The van der Waals surface area contributed by atoms with Crippen LogP contribution in [0.15, 0.2) is 12.3 Å². The number of aromatic nitrogens is 1. The molecular formula is C15H27N3O. The summed E-state index contributed by atoms with van der Waals surface area (Å²) < 4.78 is 5.94. The van der Waals surface area contributed by atoms with Gasteiger partial charge in [-0.3, -0.25) is 0 Å². The van der Waals surface area contributed by atoms with Crippen molar-refractivity contribution in [1.29, 1.82) is 0 Å². The van der Waals surface area contributed by atoms with Gasteiger partial charge in [-0.15, -0.1) is 0 Å². The molecular weight excluding hydrogens is 238 g/mol. The molecule has 4 heteroatoms. The lowest BCUT2D eigenvalue weighted by atomic mass is 9.91. The van der Waals surface area contributed by atoms with Gasteiger partial charge in [-0.2, -0.15) is 0 Å².